The van der Waals surface area contributed by atoms with E-state index in [1.54, 1.807) is 12.1 Å². The average molecular weight is 295 g/mol. The highest BCUT2D eigenvalue weighted by molar-refractivity contribution is 7.89. The molecule has 0 amide bonds. The molecule has 20 heavy (non-hydrogen) atoms. The molecular formula is C14H17NO4S. The first-order chi connectivity index (χ1) is 9.45. The van der Waals surface area contributed by atoms with E-state index >= 15 is 0 Å². The zero-order valence-corrected chi connectivity index (χ0v) is 11.8. The number of rotatable bonds is 8. The molecule has 0 aliphatic heterocycles. The summed E-state index contributed by atoms with van der Waals surface area (Å²) in [6.45, 7) is 0.299. The van der Waals surface area contributed by atoms with Gasteiger partial charge in [-0.15, -0.1) is 12.3 Å². The molecule has 0 saturated heterocycles. The lowest BCUT2D eigenvalue weighted by atomic mass is 10.1. The third kappa shape index (κ3) is 5.43. The summed E-state index contributed by atoms with van der Waals surface area (Å²) >= 11 is 0. The van der Waals surface area contributed by atoms with Gasteiger partial charge in [0.2, 0.25) is 10.0 Å². The Balaban J connectivity index is 2.62. The standard InChI is InChI=1S/C14H17NO4S/c1-2-3-4-11-15-20(18,19)13-8-5-12(6-9-13)7-10-14(16)17/h1,5-6,8-9,15H,3-4,7,10-11H2,(H,16,17). The van der Waals surface area contributed by atoms with Crippen LogP contribution in [0.15, 0.2) is 29.2 Å². The lowest BCUT2D eigenvalue weighted by Crippen LogP contribution is -2.24. The van der Waals surface area contributed by atoms with E-state index in [2.05, 4.69) is 10.6 Å². The van der Waals surface area contributed by atoms with E-state index in [1.165, 1.54) is 12.1 Å². The summed E-state index contributed by atoms with van der Waals surface area (Å²) in [4.78, 5) is 10.6. The molecule has 0 spiro atoms. The van der Waals surface area contributed by atoms with Gasteiger partial charge in [-0.25, -0.2) is 13.1 Å². The van der Waals surface area contributed by atoms with Crippen LogP contribution in [0.1, 0.15) is 24.8 Å². The van der Waals surface area contributed by atoms with Crippen molar-refractivity contribution >= 4 is 16.0 Å². The Morgan fingerprint density at radius 1 is 1.30 bits per heavy atom. The summed E-state index contributed by atoms with van der Waals surface area (Å²) in [6, 6.07) is 6.19. The number of terminal acetylenes is 1. The fourth-order valence-corrected chi connectivity index (χ4v) is 2.64. The van der Waals surface area contributed by atoms with E-state index in [0.717, 1.165) is 5.56 Å². The van der Waals surface area contributed by atoms with Gasteiger partial charge in [-0.1, -0.05) is 12.1 Å². The smallest absolute Gasteiger partial charge is 0.303 e. The third-order valence-corrected chi connectivity index (χ3v) is 4.13. The van der Waals surface area contributed by atoms with Crippen LogP contribution >= 0.6 is 0 Å². The molecule has 1 aromatic rings. The number of carboxylic acids is 1. The van der Waals surface area contributed by atoms with Crippen LogP contribution in [0.2, 0.25) is 0 Å². The maximum atomic E-state index is 11.9. The minimum Gasteiger partial charge on any atom is -0.481 e. The van der Waals surface area contributed by atoms with Crippen molar-refractivity contribution in [3.05, 3.63) is 29.8 Å². The molecule has 5 nitrogen and oxygen atoms in total. The van der Waals surface area contributed by atoms with E-state index < -0.39 is 16.0 Å². The fourth-order valence-electron chi connectivity index (χ4n) is 1.57. The zero-order valence-electron chi connectivity index (χ0n) is 11.0. The number of unbranched alkanes of at least 4 members (excludes halogenated alkanes) is 1. The van der Waals surface area contributed by atoms with Gasteiger partial charge in [0, 0.05) is 19.4 Å². The van der Waals surface area contributed by atoms with Gasteiger partial charge in [-0.3, -0.25) is 4.79 Å². The molecule has 0 atom stereocenters. The van der Waals surface area contributed by atoms with Crippen LogP contribution in [0.3, 0.4) is 0 Å². The Morgan fingerprint density at radius 3 is 2.50 bits per heavy atom. The van der Waals surface area contributed by atoms with Crippen LogP contribution in [-0.4, -0.2) is 26.0 Å². The van der Waals surface area contributed by atoms with Crippen LogP contribution in [-0.2, 0) is 21.2 Å². The lowest BCUT2D eigenvalue weighted by Gasteiger charge is -2.06. The maximum absolute atomic E-state index is 11.9. The first-order valence-corrected chi connectivity index (χ1v) is 7.68. The monoisotopic (exact) mass is 295 g/mol. The zero-order chi connectivity index (χ0) is 15.0. The molecule has 0 heterocycles. The van der Waals surface area contributed by atoms with Crippen LogP contribution in [0.5, 0.6) is 0 Å². The molecule has 0 saturated carbocycles. The topological polar surface area (TPSA) is 83.5 Å². The molecule has 6 heteroatoms. The van der Waals surface area contributed by atoms with Gasteiger partial charge in [-0.2, -0.15) is 0 Å². The third-order valence-electron chi connectivity index (χ3n) is 2.65. The summed E-state index contributed by atoms with van der Waals surface area (Å²) in [5.41, 5.74) is 0.790. The highest BCUT2D eigenvalue weighted by Gasteiger charge is 2.12. The van der Waals surface area contributed by atoms with Crippen molar-refractivity contribution < 1.29 is 18.3 Å². The first-order valence-electron chi connectivity index (χ1n) is 6.19. The molecule has 0 radical (unpaired) electrons. The molecule has 0 unspecified atom stereocenters. The van der Waals surface area contributed by atoms with Gasteiger partial charge in [0.05, 0.1) is 4.90 Å². The van der Waals surface area contributed by atoms with Crippen molar-refractivity contribution in [2.45, 2.75) is 30.6 Å². The molecule has 0 aromatic heterocycles. The van der Waals surface area contributed by atoms with Crippen LogP contribution in [0.25, 0.3) is 0 Å². The normalized spacial score (nSPS) is 10.9. The second kappa shape index (κ2) is 7.68. The van der Waals surface area contributed by atoms with Crippen molar-refractivity contribution in [2.75, 3.05) is 6.54 Å². The predicted octanol–water partition coefficient (Wildman–Crippen LogP) is 1.40. The van der Waals surface area contributed by atoms with E-state index in [0.29, 0.717) is 25.8 Å². The van der Waals surface area contributed by atoms with Gasteiger partial charge in [-0.05, 0) is 30.5 Å². The number of carboxylic acid groups (broad SMARTS) is 1. The summed E-state index contributed by atoms with van der Waals surface area (Å²) in [6.07, 6.45) is 6.61. The molecule has 0 bridgehead atoms. The second-order valence-electron chi connectivity index (χ2n) is 4.24. The van der Waals surface area contributed by atoms with Gasteiger partial charge in [0.1, 0.15) is 0 Å². The molecule has 0 aliphatic rings. The van der Waals surface area contributed by atoms with Gasteiger partial charge < -0.3 is 5.11 Å². The predicted molar refractivity (Wildman–Crippen MR) is 75.7 cm³/mol. The number of benzene rings is 1. The number of hydrogen-bond acceptors (Lipinski definition) is 3. The summed E-state index contributed by atoms with van der Waals surface area (Å²) in [5.74, 6) is 1.56. The Kier molecular flexibility index (Phi) is 6.22. The molecule has 108 valence electrons. The fraction of sp³-hybridized carbons (Fsp3) is 0.357. The van der Waals surface area contributed by atoms with Crippen molar-refractivity contribution in [1.29, 1.82) is 0 Å². The maximum Gasteiger partial charge on any atom is 0.303 e. The quantitative estimate of drug-likeness (QED) is 0.561. The largest absolute Gasteiger partial charge is 0.481 e. The highest BCUT2D eigenvalue weighted by Crippen LogP contribution is 2.12. The van der Waals surface area contributed by atoms with E-state index in [1.807, 2.05) is 0 Å². The van der Waals surface area contributed by atoms with Crippen LogP contribution in [0, 0.1) is 12.3 Å². The Labute approximate surface area is 119 Å². The second-order valence-corrected chi connectivity index (χ2v) is 6.01. The number of nitrogens with one attached hydrogen (secondary N) is 1. The SMILES string of the molecule is C#CCCCNS(=O)(=O)c1ccc(CCC(=O)O)cc1. The number of carbonyl (C=O) groups is 1. The van der Waals surface area contributed by atoms with E-state index in [4.69, 9.17) is 11.5 Å². The van der Waals surface area contributed by atoms with Crippen LogP contribution < -0.4 is 4.72 Å². The summed E-state index contributed by atoms with van der Waals surface area (Å²) in [5, 5.41) is 8.58. The number of aliphatic carboxylic acids is 1. The molecule has 1 aromatic carbocycles. The van der Waals surface area contributed by atoms with Crippen LogP contribution in [0.4, 0.5) is 0 Å². The van der Waals surface area contributed by atoms with Gasteiger partial charge in [0.25, 0.3) is 0 Å². The van der Waals surface area contributed by atoms with E-state index in [9.17, 15) is 13.2 Å². The molecule has 0 aliphatic carbocycles. The van der Waals surface area contributed by atoms with Gasteiger partial charge >= 0.3 is 5.97 Å². The summed E-state index contributed by atoms with van der Waals surface area (Å²) in [7, 11) is -3.52. The first kappa shape index (κ1) is 16.2. The van der Waals surface area contributed by atoms with E-state index in [-0.39, 0.29) is 11.3 Å². The molecule has 2 N–H and O–H groups in total. The number of hydrogen-bond donors (Lipinski definition) is 2. The Morgan fingerprint density at radius 2 is 1.95 bits per heavy atom. The summed E-state index contributed by atoms with van der Waals surface area (Å²) < 4.78 is 26.3. The van der Waals surface area contributed by atoms with Crippen molar-refractivity contribution in [1.82, 2.24) is 4.72 Å². The average Bonchev–Trinajstić information content (AvgIpc) is 2.42. The minimum atomic E-state index is -3.52. The minimum absolute atomic E-state index is 0.0242. The molecular weight excluding hydrogens is 278 g/mol. The molecule has 0 fully saturated rings. The molecule has 1 rings (SSSR count). The Hall–Kier alpha value is -1.84. The van der Waals surface area contributed by atoms with Crippen molar-refractivity contribution in [3.63, 3.8) is 0 Å². The van der Waals surface area contributed by atoms with Crippen molar-refractivity contribution in [3.8, 4) is 12.3 Å². The number of sulfonamides is 1. The van der Waals surface area contributed by atoms with Crippen molar-refractivity contribution in [2.24, 2.45) is 0 Å². The lowest BCUT2D eigenvalue weighted by molar-refractivity contribution is -0.136. The highest BCUT2D eigenvalue weighted by atomic mass is 32.2. The Bertz CT molecular complexity index is 585. The van der Waals surface area contributed by atoms with Gasteiger partial charge in [0.15, 0.2) is 0 Å². The number of aryl methyl sites for hydroxylation is 1.